The van der Waals surface area contributed by atoms with E-state index in [2.05, 4.69) is 0 Å². The van der Waals surface area contributed by atoms with Crippen LogP contribution >= 0.6 is 0 Å². The quantitative estimate of drug-likeness (QED) is 0.784. The van der Waals surface area contributed by atoms with E-state index < -0.39 is 12.0 Å². The molecule has 3 N–H and O–H groups in total. The number of benzene rings is 1. The summed E-state index contributed by atoms with van der Waals surface area (Å²) in [7, 11) is 0. The fourth-order valence-corrected chi connectivity index (χ4v) is 2.04. The minimum Gasteiger partial charge on any atom is -0.391 e. The van der Waals surface area contributed by atoms with Crippen molar-refractivity contribution < 1.29 is 14.7 Å². The molecule has 0 aromatic heterocycles. The monoisotopic (exact) mass is 248 g/mol. The molecule has 1 aromatic rings. The summed E-state index contributed by atoms with van der Waals surface area (Å²) in [5.41, 5.74) is 6.41. The lowest BCUT2D eigenvalue weighted by Crippen LogP contribution is -2.30. The number of β-amino-alcohol motifs (C(OH)–C–C–N with tert-alkyl or cyclic N) is 1. The highest BCUT2D eigenvalue weighted by Gasteiger charge is 2.24. The van der Waals surface area contributed by atoms with Gasteiger partial charge in [0.05, 0.1) is 12.5 Å². The van der Waals surface area contributed by atoms with Crippen LogP contribution < -0.4 is 5.73 Å². The summed E-state index contributed by atoms with van der Waals surface area (Å²) in [6.07, 6.45) is 0.532. The van der Waals surface area contributed by atoms with Crippen molar-refractivity contribution in [3.05, 3.63) is 35.4 Å². The topological polar surface area (TPSA) is 83.6 Å². The molecule has 5 heteroatoms. The first-order valence-electron chi connectivity index (χ1n) is 5.91. The molecule has 2 amide bonds. The third kappa shape index (κ3) is 2.87. The number of nitrogens with two attached hydrogens (primary N) is 1. The van der Waals surface area contributed by atoms with E-state index in [1.54, 1.807) is 29.2 Å². The molecule has 0 unspecified atom stereocenters. The Balaban J connectivity index is 1.97. The third-order valence-electron chi connectivity index (χ3n) is 3.11. The molecule has 2 rings (SSSR count). The van der Waals surface area contributed by atoms with Gasteiger partial charge in [0, 0.05) is 18.7 Å². The second-order valence-electron chi connectivity index (χ2n) is 4.52. The van der Waals surface area contributed by atoms with Crippen molar-refractivity contribution in [3.63, 3.8) is 0 Å². The molecule has 1 aliphatic heterocycles. The molecule has 5 nitrogen and oxygen atoms in total. The lowest BCUT2D eigenvalue weighted by molar-refractivity contribution is -0.129. The van der Waals surface area contributed by atoms with E-state index in [0.717, 1.165) is 5.56 Å². The summed E-state index contributed by atoms with van der Waals surface area (Å²) in [4.78, 5) is 24.5. The molecule has 18 heavy (non-hydrogen) atoms. The number of hydrogen-bond acceptors (Lipinski definition) is 3. The molecule has 1 aliphatic rings. The normalized spacial score (nSPS) is 18.9. The van der Waals surface area contributed by atoms with Gasteiger partial charge >= 0.3 is 0 Å². The number of aliphatic hydroxyl groups excluding tert-OH is 1. The van der Waals surface area contributed by atoms with Gasteiger partial charge in [0.25, 0.3) is 0 Å². The SMILES string of the molecule is NC(=O)c1ccc(CC(=O)N2CC[C@H](O)C2)cc1. The zero-order chi connectivity index (χ0) is 13.1. The highest BCUT2D eigenvalue weighted by molar-refractivity contribution is 5.92. The highest BCUT2D eigenvalue weighted by atomic mass is 16.3. The van der Waals surface area contributed by atoms with E-state index in [4.69, 9.17) is 5.73 Å². The number of hydrogen-bond donors (Lipinski definition) is 2. The zero-order valence-electron chi connectivity index (χ0n) is 10.0. The number of likely N-dealkylation sites (tertiary alicyclic amines) is 1. The largest absolute Gasteiger partial charge is 0.391 e. The summed E-state index contributed by atoms with van der Waals surface area (Å²) in [5, 5.41) is 9.37. The lowest BCUT2D eigenvalue weighted by atomic mass is 10.1. The number of nitrogens with zero attached hydrogens (tertiary/aromatic N) is 1. The average Bonchev–Trinajstić information content (AvgIpc) is 2.76. The third-order valence-corrected chi connectivity index (χ3v) is 3.11. The molecular weight excluding hydrogens is 232 g/mol. The number of aliphatic hydroxyl groups is 1. The average molecular weight is 248 g/mol. The summed E-state index contributed by atoms with van der Waals surface area (Å²) in [6.45, 7) is 1.03. The molecule has 1 aromatic carbocycles. The smallest absolute Gasteiger partial charge is 0.248 e. The van der Waals surface area contributed by atoms with Crippen LogP contribution in [0.4, 0.5) is 0 Å². The molecule has 1 heterocycles. The zero-order valence-corrected chi connectivity index (χ0v) is 10.0. The molecule has 96 valence electrons. The summed E-state index contributed by atoms with van der Waals surface area (Å²) < 4.78 is 0. The molecule has 0 aliphatic carbocycles. The number of carbonyl (C=O) groups is 2. The first kappa shape index (κ1) is 12.6. The van der Waals surface area contributed by atoms with Gasteiger partial charge in [0.15, 0.2) is 0 Å². The maximum absolute atomic E-state index is 11.9. The molecule has 0 radical (unpaired) electrons. The minimum atomic E-state index is -0.476. The van der Waals surface area contributed by atoms with Crippen molar-refractivity contribution in [3.8, 4) is 0 Å². The van der Waals surface area contributed by atoms with Crippen molar-refractivity contribution in [2.75, 3.05) is 13.1 Å². The van der Waals surface area contributed by atoms with Crippen LogP contribution in [0, 0.1) is 0 Å². The van der Waals surface area contributed by atoms with E-state index in [1.807, 2.05) is 0 Å². The van der Waals surface area contributed by atoms with Crippen LogP contribution in [0.3, 0.4) is 0 Å². The van der Waals surface area contributed by atoms with E-state index in [0.29, 0.717) is 25.1 Å². The van der Waals surface area contributed by atoms with Gasteiger partial charge in [-0.1, -0.05) is 12.1 Å². The fraction of sp³-hybridized carbons (Fsp3) is 0.385. The van der Waals surface area contributed by atoms with Gasteiger partial charge in [-0.2, -0.15) is 0 Å². The maximum Gasteiger partial charge on any atom is 0.248 e. The standard InChI is InChI=1S/C13H16N2O3/c14-13(18)10-3-1-9(2-4-10)7-12(17)15-6-5-11(16)8-15/h1-4,11,16H,5-8H2,(H2,14,18)/t11-/m0/s1. The summed E-state index contributed by atoms with van der Waals surface area (Å²) in [5.74, 6) is -0.478. The van der Waals surface area contributed by atoms with E-state index in [9.17, 15) is 14.7 Å². The highest BCUT2D eigenvalue weighted by Crippen LogP contribution is 2.12. The van der Waals surface area contributed by atoms with Crippen molar-refractivity contribution in [2.24, 2.45) is 5.73 Å². The summed E-state index contributed by atoms with van der Waals surface area (Å²) in [6, 6.07) is 6.68. The van der Waals surface area contributed by atoms with Gasteiger partial charge in [0.1, 0.15) is 0 Å². The molecule has 1 fully saturated rings. The first-order chi connectivity index (χ1) is 8.56. The predicted molar refractivity (Wildman–Crippen MR) is 65.9 cm³/mol. The number of carbonyl (C=O) groups excluding carboxylic acids is 2. The second kappa shape index (κ2) is 5.18. The molecule has 0 bridgehead atoms. The maximum atomic E-state index is 11.9. The van der Waals surface area contributed by atoms with Gasteiger partial charge in [-0.05, 0) is 24.1 Å². The predicted octanol–water partition coefficient (Wildman–Crippen LogP) is -0.0788. The number of amides is 2. The van der Waals surface area contributed by atoms with Crippen molar-refractivity contribution in [1.29, 1.82) is 0 Å². The van der Waals surface area contributed by atoms with Crippen LogP contribution in [0.2, 0.25) is 0 Å². The number of primary amides is 1. The summed E-state index contributed by atoms with van der Waals surface area (Å²) >= 11 is 0. The van der Waals surface area contributed by atoms with Gasteiger partial charge in [0.2, 0.25) is 11.8 Å². The molecule has 0 spiro atoms. The van der Waals surface area contributed by atoms with Crippen molar-refractivity contribution in [1.82, 2.24) is 4.90 Å². The Bertz CT molecular complexity index is 456. The van der Waals surface area contributed by atoms with Crippen molar-refractivity contribution in [2.45, 2.75) is 18.9 Å². The number of rotatable bonds is 3. The fourth-order valence-electron chi connectivity index (χ4n) is 2.04. The van der Waals surface area contributed by atoms with Crippen LogP contribution in [0.1, 0.15) is 22.3 Å². The van der Waals surface area contributed by atoms with Gasteiger partial charge in [-0.3, -0.25) is 9.59 Å². The lowest BCUT2D eigenvalue weighted by Gasteiger charge is -2.15. The van der Waals surface area contributed by atoms with Crippen molar-refractivity contribution >= 4 is 11.8 Å². The van der Waals surface area contributed by atoms with E-state index in [-0.39, 0.29) is 12.3 Å². The molecule has 1 atom stereocenters. The van der Waals surface area contributed by atoms with Gasteiger partial charge < -0.3 is 15.7 Å². The van der Waals surface area contributed by atoms with Crippen LogP contribution in [-0.2, 0) is 11.2 Å². The Morgan fingerprint density at radius 3 is 2.50 bits per heavy atom. The Labute approximate surface area is 105 Å². The van der Waals surface area contributed by atoms with Crippen LogP contribution in [0.25, 0.3) is 0 Å². The Morgan fingerprint density at radius 1 is 1.33 bits per heavy atom. The van der Waals surface area contributed by atoms with E-state index >= 15 is 0 Å². The van der Waals surface area contributed by atoms with Gasteiger partial charge in [-0.15, -0.1) is 0 Å². The molecular formula is C13H16N2O3. The first-order valence-corrected chi connectivity index (χ1v) is 5.91. The minimum absolute atomic E-state index is 0.00150. The van der Waals surface area contributed by atoms with Gasteiger partial charge in [-0.25, -0.2) is 0 Å². The Morgan fingerprint density at radius 2 is 2.00 bits per heavy atom. The molecule has 0 saturated carbocycles. The second-order valence-corrected chi connectivity index (χ2v) is 4.52. The van der Waals surface area contributed by atoms with Crippen LogP contribution in [-0.4, -0.2) is 41.0 Å². The molecule has 1 saturated heterocycles. The van der Waals surface area contributed by atoms with E-state index in [1.165, 1.54) is 0 Å². The van der Waals surface area contributed by atoms with Crippen LogP contribution in [0.15, 0.2) is 24.3 Å². The Kier molecular flexibility index (Phi) is 3.62. The Hall–Kier alpha value is -1.88. The van der Waals surface area contributed by atoms with Crippen LogP contribution in [0.5, 0.6) is 0 Å².